The van der Waals surface area contributed by atoms with Gasteiger partial charge in [-0.3, -0.25) is 14.9 Å². The third-order valence-electron chi connectivity index (χ3n) is 3.19. The van der Waals surface area contributed by atoms with Gasteiger partial charge >= 0.3 is 6.03 Å². The molecule has 1 spiro atoms. The molecule has 1 atom stereocenters. The van der Waals surface area contributed by atoms with Crippen molar-refractivity contribution >= 4 is 17.8 Å². The second-order valence-corrected chi connectivity index (χ2v) is 4.44. The molecule has 1 unspecified atom stereocenters. The summed E-state index contributed by atoms with van der Waals surface area (Å²) in [6, 6.07) is -0.474. The number of urea groups is 1. The van der Waals surface area contributed by atoms with Gasteiger partial charge in [-0.25, -0.2) is 4.79 Å². The van der Waals surface area contributed by atoms with Crippen molar-refractivity contribution in [3.63, 3.8) is 0 Å². The van der Waals surface area contributed by atoms with E-state index >= 15 is 0 Å². The van der Waals surface area contributed by atoms with Crippen LogP contribution in [0.4, 0.5) is 4.79 Å². The Balaban J connectivity index is 2.09. The molecule has 2 fully saturated rings. The van der Waals surface area contributed by atoms with Gasteiger partial charge in [0, 0.05) is 6.54 Å². The fourth-order valence-electron chi connectivity index (χ4n) is 2.35. The Morgan fingerprint density at radius 1 is 1.53 bits per heavy atom. The van der Waals surface area contributed by atoms with Crippen molar-refractivity contribution in [3.05, 3.63) is 0 Å². The monoisotopic (exact) mass is 240 g/mol. The smallest absolute Gasteiger partial charge is 0.322 e. The highest BCUT2D eigenvalue weighted by Gasteiger charge is 2.49. The molecule has 2 aliphatic heterocycles. The van der Waals surface area contributed by atoms with E-state index in [4.69, 9.17) is 0 Å². The summed E-state index contributed by atoms with van der Waals surface area (Å²) < 4.78 is 0. The molecule has 0 aromatic heterocycles. The number of nitrogens with zero attached hydrogens (tertiary/aromatic N) is 1. The zero-order valence-corrected chi connectivity index (χ0v) is 9.71. The van der Waals surface area contributed by atoms with E-state index in [1.165, 1.54) is 0 Å². The molecule has 4 amide bonds. The van der Waals surface area contributed by atoms with Gasteiger partial charge in [0.15, 0.2) is 0 Å². The van der Waals surface area contributed by atoms with Crippen molar-refractivity contribution in [2.75, 3.05) is 26.7 Å². The fraction of sp³-hybridized carbons (Fsp3) is 0.700. The summed E-state index contributed by atoms with van der Waals surface area (Å²) in [4.78, 5) is 36.3. The van der Waals surface area contributed by atoms with E-state index < -0.39 is 11.6 Å². The standard InChI is InChI=1S/C10H16N4O3/c1-11-5-7(15)14-4-2-3-10(6-14)8(16)12-9(17)13-10/h11H,2-6H2,1H3,(H2,12,13,16,17). The largest absolute Gasteiger partial charge is 0.339 e. The first-order valence-electron chi connectivity index (χ1n) is 5.63. The van der Waals surface area contributed by atoms with Crippen LogP contribution in [0.2, 0.25) is 0 Å². The molecule has 2 rings (SSSR count). The lowest BCUT2D eigenvalue weighted by Crippen LogP contribution is -2.60. The lowest BCUT2D eigenvalue weighted by molar-refractivity contribution is -0.135. The molecule has 2 aliphatic rings. The van der Waals surface area contributed by atoms with Gasteiger partial charge in [0.05, 0.1) is 13.1 Å². The van der Waals surface area contributed by atoms with Crippen LogP contribution in [0.3, 0.4) is 0 Å². The number of rotatable bonds is 2. The normalized spacial score (nSPS) is 28.2. The van der Waals surface area contributed by atoms with Crippen molar-refractivity contribution in [2.24, 2.45) is 0 Å². The zero-order valence-electron chi connectivity index (χ0n) is 9.71. The van der Waals surface area contributed by atoms with Crippen molar-refractivity contribution < 1.29 is 14.4 Å². The van der Waals surface area contributed by atoms with Crippen LogP contribution in [-0.4, -0.2) is 55.0 Å². The van der Waals surface area contributed by atoms with Crippen LogP contribution in [-0.2, 0) is 9.59 Å². The van der Waals surface area contributed by atoms with Gasteiger partial charge in [-0.2, -0.15) is 0 Å². The van der Waals surface area contributed by atoms with Crippen LogP contribution in [0, 0.1) is 0 Å². The lowest BCUT2D eigenvalue weighted by Gasteiger charge is -2.38. The van der Waals surface area contributed by atoms with E-state index in [0.717, 1.165) is 0 Å². The number of nitrogens with one attached hydrogen (secondary N) is 3. The maximum absolute atomic E-state index is 11.7. The minimum absolute atomic E-state index is 0.0551. The molecule has 7 nitrogen and oxygen atoms in total. The number of piperidine rings is 1. The number of hydrogen-bond donors (Lipinski definition) is 3. The molecule has 17 heavy (non-hydrogen) atoms. The number of carbonyl (C=O) groups excluding carboxylic acids is 3. The molecule has 3 N–H and O–H groups in total. The second kappa shape index (κ2) is 4.33. The average Bonchev–Trinajstić information content (AvgIpc) is 2.54. The number of carbonyl (C=O) groups is 3. The van der Waals surface area contributed by atoms with E-state index in [-0.39, 0.29) is 24.9 Å². The first-order chi connectivity index (χ1) is 8.07. The van der Waals surface area contributed by atoms with E-state index in [1.807, 2.05) is 0 Å². The van der Waals surface area contributed by atoms with E-state index in [1.54, 1.807) is 11.9 Å². The Morgan fingerprint density at radius 2 is 2.29 bits per heavy atom. The minimum atomic E-state index is -0.918. The molecule has 7 heteroatoms. The predicted octanol–water partition coefficient (Wildman–Crippen LogP) is -1.59. The molecule has 0 bridgehead atoms. The molecule has 0 saturated carbocycles. The highest BCUT2D eigenvalue weighted by molar-refractivity contribution is 6.07. The average molecular weight is 240 g/mol. The molecule has 94 valence electrons. The molecular formula is C10H16N4O3. The molecule has 2 saturated heterocycles. The molecule has 0 aliphatic carbocycles. The zero-order chi connectivity index (χ0) is 12.5. The highest BCUT2D eigenvalue weighted by Crippen LogP contribution is 2.24. The first kappa shape index (κ1) is 11.8. The Morgan fingerprint density at radius 3 is 2.88 bits per heavy atom. The molecule has 0 aromatic carbocycles. The van der Waals surface area contributed by atoms with Crippen molar-refractivity contribution in [2.45, 2.75) is 18.4 Å². The summed E-state index contributed by atoms with van der Waals surface area (Å²) in [5.41, 5.74) is -0.918. The molecular weight excluding hydrogens is 224 g/mol. The lowest BCUT2D eigenvalue weighted by atomic mass is 9.89. The summed E-state index contributed by atoms with van der Waals surface area (Å²) >= 11 is 0. The highest BCUT2D eigenvalue weighted by atomic mass is 16.2. The second-order valence-electron chi connectivity index (χ2n) is 4.44. The van der Waals surface area contributed by atoms with E-state index in [0.29, 0.717) is 19.4 Å². The van der Waals surface area contributed by atoms with Gasteiger partial charge < -0.3 is 15.5 Å². The fourth-order valence-corrected chi connectivity index (χ4v) is 2.35. The Kier molecular flexibility index (Phi) is 3.01. The van der Waals surface area contributed by atoms with Crippen LogP contribution >= 0.6 is 0 Å². The van der Waals surface area contributed by atoms with Gasteiger partial charge in [0.2, 0.25) is 5.91 Å². The van der Waals surface area contributed by atoms with Crippen LogP contribution in [0.5, 0.6) is 0 Å². The Bertz CT molecular complexity index is 371. The number of hydrogen-bond acceptors (Lipinski definition) is 4. The number of imide groups is 1. The summed E-state index contributed by atoms with van der Waals surface area (Å²) in [6.07, 6.45) is 1.29. The molecule has 2 heterocycles. The third kappa shape index (κ3) is 2.10. The number of likely N-dealkylation sites (N-methyl/N-ethyl adjacent to an activating group) is 1. The Labute approximate surface area is 98.9 Å². The van der Waals surface area contributed by atoms with Gasteiger partial charge in [-0.15, -0.1) is 0 Å². The summed E-state index contributed by atoms with van der Waals surface area (Å²) in [7, 11) is 1.70. The maximum atomic E-state index is 11.7. The van der Waals surface area contributed by atoms with Crippen LogP contribution < -0.4 is 16.0 Å². The van der Waals surface area contributed by atoms with Crippen molar-refractivity contribution in [1.29, 1.82) is 0 Å². The third-order valence-corrected chi connectivity index (χ3v) is 3.19. The van der Waals surface area contributed by atoms with Crippen LogP contribution in [0.25, 0.3) is 0 Å². The predicted molar refractivity (Wildman–Crippen MR) is 59.1 cm³/mol. The SMILES string of the molecule is CNCC(=O)N1CCCC2(C1)NC(=O)NC2=O. The van der Waals surface area contributed by atoms with Gasteiger partial charge in [-0.1, -0.05) is 0 Å². The molecule has 0 aromatic rings. The van der Waals surface area contributed by atoms with E-state index in [2.05, 4.69) is 16.0 Å². The first-order valence-corrected chi connectivity index (χ1v) is 5.63. The number of amides is 4. The van der Waals surface area contributed by atoms with Gasteiger partial charge in [0.1, 0.15) is 5.54 Å². The minimum Gasteiger partial charge on any atom is -0.339 e. The van der Waals surface area contributed by atoms with Crippen LogP contribution in [0.15, 0.2) is 0 Å². The quantitative estimate of drug-likeness (QED) is 0.507. The topological polar surface area (TPSA) is 90.5 Å². The summed E-state index contributed by atoms with van der Waals surface area (Å²) in [5, 5.41) is 7.64. The Hall–Kier alpha value is -1.63. The summed E-state index contributed by atoms with van der Waals surface area (Å²) in [6.45, 7) is 1.13. The molecule has 0 radical (unpaired) electrons. The van der Waals surface area contributed by atoms with Gasteiger partial charge in [0.25, 0.3) is 5.91 Å². The number of likely N-dealkylation sites (tertiary alicyclic amines) is 1. The van der Waals surface area contributed by atoms with Gasteiger partial charge in [-0.05, 0) is 19.9 Å². The van der Waals surface area contributed by atoms with E-state index in [9.17, 15) is 14.4 Å². The van der Waals surface area contributed by atoms with Crippen LogP contribution in [0.1, 0.15) is 12.8 Å². The summed E-state index contributed by atoms with van der Waals surface area (Å²) in [5.74, 6) is -0.384. The van der Waals surface area contributed by atoms with Crippen molar-refractivity contribution in [3.8, 4) is 0 Å². The van der Waals surface area contributed by atoms with Crippen molar-refractivity contribution in [1.82, 2.24) is 20.9 Å². The maximum Gasteiger partial charge on any atom is 0.322 e.